The van der Waals surface area contributed by atoms with Crippen LogP contribution in [0.5, 0.6) is 0 Å². The first kappa shape index (κ1) is 12.4. The molecular formula is C18H21N. The molecule has 0 bridgehead atoms. The molecule has 1 saturated heterocycles. The number of nitrogens with one attached hydrogen (secondary N) is 1. The molecule has 0 amide bonds. The lowest BCUT2D eigenvalue weighted by Crippen LogP contribution is -2.13. The van der Waals surface area contributed by atoms with Crippen LogP contribution in [0.1, 0.15) is 35.8 Å². The Hall–Kier alpha value is -1.60. The molecule has 1 heterocycles. The second kappa shape index (κ2) is 6.03. The van der Waals surface area contributed by atoms with Crippen molar-refractivity contribution in [3.8, 4) is 0 Å². The van der Waals surface area contributed by atoms with E-state index < -0.39 is 0 Å². The van der Waals surface area contributed by atoms with Crippen LogP contribution in [0.4, 0.5) is 0 Å². The lowest BCUT2D eigenvalue weighted by molar-refractivity contribution is 0.524. The third-order valence-corrected chi connectivity index (χ3v) is 4.21. The van der Waals surface area contributed by atoms with E-state index >= 15 is 0 Å². The molecule has 0 spiro atoms. The van der Waals surface area contributed by atoms with Crippen molar-refractivity contribution in [2.45, 2.75) is 24.7 Å². The van der Waals surface area contributed by atoms with Gasteiger partial charge in [0.2, 0.25) is 0 Å². The van der Waals surface area contributed by atoms with Gasteiger partial charge in [-0.2, -0.15) is 0 Å². The zero-order valence-corrected chi connectivity index (χ0v) is 11.3. The summed E-state index contributed by atoms with van der Waals surface area (Å²) in [7, 11) is 0. The Balaban J connectivity index is 1.94. The summed E-state index contributed by atoms with van der Waals surface area (Å²) in [6, 6.07) is 22.0. The third-order valence-electron chi connectivity index (χ3n) is 4.21. The van der Waals surface area contributed by atoms with E-state index in [1.165, 1.54) is 24.0 Å². The summed E-state index contributed by atoms with van der Waals surface area (Å²) in [5.74, 6) is 1.28. The SMILES string of the molecule is c1ccc(C2CCNCC[C@@H]2c2ccccc2)cc1. The number of rotatable bonds is 2. The minimum Gasteiger partial charge on any atom is -0.317 e. The minimum atomic E-state index is 0.638. The fourth-order valence-electron chi connectivity index (χ4n) is 3.24. The van der Waals surface area contributed by atoms with Gasteiger partial charge in [0, 0.05) is 0 Å². The number of hydrogen-bond donors (Lipinski definition) is 1. The van der Waals surface area contributed by atoms with Gasteiger partial charge >= 0.3 is 0 Å². The first-order valence-corrected chi connectivity index (χ1v) is 7.26. The van der Waals surface area contributed by atoms with E-state index in [2.05, 4.69) is 66.0 Å². The maximum Gasteiger partial charge on any atom is -0.00429 e. The molecule has 0 aliphatic carbocycles. The van der Waals surface area contributed by atoms with Crippen LogP contribution in [-0.2, 0) is 0 Å². The van der Waals surface area contributed by atoms with E-state index in [1.807, 2.05) is 0 Å². The molecule has 1 heteroatoms. The summed E-state index contributed by atoms with van der Waals surface area (Å²) in [6.45, 7) is 2.26. The molecule has 1 aliphatic heterocycles. The molecular weight excluding hydrogens is 230 g/mol. The van der Waals surface area contributed by atoms with Gasteiger partial charge in [-0.1, -0.05) is 60.7 Å². The normalized spacial score (nSPS) is 23.8. The molecule has 1 N–H and O–H groups in total. The van der Waals surface area contributed by atoms with Crippen LogP contribution in [0.3, 0.4) is 0 Å². The Morgan fingerprint density at radius 2 is 1.05 bits per heavy atom. The second-order valence-electron chi connectivity index (χ2n) is 5.36. The first-order chi connectivity index (χ1) is 9.45. The summed E-state index contributed by atoms with van der Waals surface area (Å²) in [4.78, 5) is 0. The molecule has 1 nitrogen and oxygen atoms in total. The molecule has 1 unspecified atom stereocenters. The lowest BCUT2D eigenvalue weighted by atomic mass is 9.78. The highest BCUT2D eigenvalue weighted by atomic mass is 14.9. The van der Waals surface area contributed by atoms with E-state index in [1.54, 1.807) is 0 Å². The molecule has 2 atom stereocenters. The van der Waals surface area contributed by atoms with Gasteiger partial charge < -0.3 is 5.32 Å². The van der Waals surface area contributed by atoms with Crippen molar-refractivity contribution < 1.29 is 0 Å². The highest BCUT2D eigenvalue weighted by molar-refractivity contribution is 5.29. The fourth-order valence-corrected chi connectivity index (χ4v) is 3.24. The van der Waals surface area contributed by atoms with Crippen molar-refractivity contribution >= 4 is 0 Å². The van der Waals surface area contributed by atoms with Gasteiger partial charge in [0.25, 0.3) is 0 Å². The van der Waals surface area contributed by atoms with Crippen LogP contribution < -0.4 is 5.32 Å². The summed E-state index contributed by atoms with van der Waals surface area (Å²) in [5.41, 5.74) is 2.97. The van der Waals surface area contributed by atoms with Crippen molar-refractivity contribution in [3.63, 3.8) is 0 Å². The van der Waals surface area contributed by atoms with Gasteiger partial charge in [-0.3, -0.25) is 0 Å². The van der Waals surface area contributed by atoms with Crippen LogP contribution in [0.25, 0.3) is 0 Å². The first-order valence-electron chi connectivity index (χ1n) is 7.26. The van der Waals surface area contributed by atoms with Gasteiger partial charge in [-0.15, -0.1) is 0 Å². The van der Waals surface area contributed by atoms with Crippen molar-refractivity contribution in [1.82, 2.24) is 5.32 Å². The molecule has 1 fully saturated rings. The zero-order valence-electron chi connectivity index (χ0n) is 11.3. The largest absolute Gasteiger partial charge is 0.317 e. The van der Waals surface area contributed by atoms with Crippen LogP contribution >= 0.6 is 0 Å². The van der Waals surface area contributed by atoms with Crippen molar-refractivity contribution in [2.75, 3.05) is 13.1 Å². The van der Waals surface area contributed by atoms with Gasteiger partial charge in [0.15, 0.2) is 0 Å². The van der Waals surface area contributed by atoms with E-state index in [9.17, 15) is 0 Å². The zero-order chi connectivity index (χ0) is 12.9. The fraction of sp³-hybridized carbons (Fsp3) is 0.333. The predicted octanol–water partition coefficient (Wildman–Crippen LogP) is 3.94. The Kier molecular flexibility index (Phi) is 3.95. The average molecular weight is 251 g/mol. The van der Waals surface area contributed by atoms with Gasteiger partial charge in [-0.05, 0) is 48.9 Å². The standard InChI is InChI=1S/C18H21N/c1-3-7-15(8-4-1)17-11-13-19-14-12-18(17)16-9-5-2-6-10-16/h1-10,17-19H,11-14H2/t17-,18?/m1/s1. The van der Waals surface area contributed by atoms with Crippen LogP contribution in [-0.4, -0.2) is 13.1 Å². The molecule has 98 valence electrons. The van der Waals surface area contributed by atoms with E-state index in [-0.39, 0.29) is 0 Å². The Labute approximate surface area is 115 Å². The maximum absolute atomic E-state index is 3.55. The molecule has 0 saturated carbocycles. The molecule has 0 radical (unpaired) electrons. The Bertz CT molecular complexity index is 444. The minimum absolute atomic E-state index is 0.638. The Morgan fingerprint density at radius 1 is 0.632 bits per heavy atom. The van der Waals surface area contributed by atoms with E-state index in [4.69, 9.17) is 0 Å². The van der Waals surface area contributed by atoms with Crippen LogP contribution in [0.15, 0.2) is 60.7 Å². The van der Waals surface area contributed by atoms with E-state index in [0.29, 0.717) is 11.8 Å². The molecule has 2 aromatic rings. The predicted molar refractivity (Wildman–Crippen MR) is 80.5 cm³/mol. The highest BCUT2D eigenvalue weighted by Gasteiger charge is 2.25. The molecule has 19 heavy (non-hydrogen) atoms. The topological polar surface area (TPSA) is 12.0 Å². The van der Waals surface area contributed by atoms with Crippen molar-refractivity contribution in [1.29, 1.82) is 0 Å². The molecule has 3 rings (SSSR count). The van der Waals surface area contributed by atoms with Gasteiger partial charge in [0.1, 0.15) is 0 Å². The van der Waals surface area contributed by atoms with E-state index in [0.717, 1.165) is 13.1 Å². The average Bonchev–Trinajstić information content (AvgIpc) is 2.75. The maximum atomic E-state index is 3.55. The van der Waals surface area contributed by atoms with Crippen molar-refractivity contribution in [3.05, 3.63) is 71.8 Å². The monoisotopic (exact) mass is 251 g/mol. The Morgan fingerprint density at radius 3 is 1.47 bits per heavy atom. The molecule has 2 aromatic carbocycles. The van der Waals surface area contributed by atoms with Gasteiger partial charge in [0.05, 0.1) is 0 Å². The number of hydrogen-bond acceptors (Lipinski definition) is 1. The summed E-state index contributed by atoms with van der Waals surface area (Å²) >= 11 is 0. The lowest BCUT2D eigenvalue weighted by Gasteiger charge is -2.25. The second-order valence-corrected chi connectivity index (χ2v) is 5.36. The molecule has 0 aromatic heterocycles. The smallest absolute Gasteiger partial charge is 0.00429 e. The van der Waals surface area contributed by atoms with Crippen LogP contribution in [0.2, 0.25) is 0 Å². The quantitative estimate of drug-likeness (QED) is 0.852. The van der Waals surface area contributed by atoms with Gasteiger partial charge in [-0.25, -0.2) is 0 Å². The summed E-state index contributed by atoms with van der Waals surface area (Å²) in [5, 5.41) is 3.55. The summed E-state index contributed by atoms with van der Waals surface area (Å²) in [6.07, 6.45) is 2.45. The number of benzene rings is 2. The highest BCUT2D eigenvalue weighted by Crippen LogP contribution is 2.38. The summed E-state index contributed by atoms with van der Waals surface area (Å²) < 4.78 is 0. The molecule has 1 aliphatic rings. The van der Waals surface area contributed by atoms with Crippen LogP contribution in [0, 0.1) is 0 Å². The van der Waals surface area contributed by atoms with Crippen molar-refractivity contribution in [2.24, 2.45) is 0 Å². The third kappa shape index (κ3) is 2.87.